The van der Waals surface area contributed by atoms with Crippen molar-refractivity contribution < 1.29 is 0 Å². The van der Waals surface area contributed by atoms with Gasteiger partial charge in [0.05, 0.1) is 6.17 Å². The molecule has 0 fully saturated rings. The molecule has 0 spiro atoms. The van der Waals surface area contributed by atoms with Crippen LogP contribution in [-0.4, -0.2) is 29.1 Å². The lowest BCUT2D eigenvalue weighted by Gasteiger charge is -2.30. The fourth-order valence-electron chi connectivity index (χ4n) is 3.99. The zero-order chi connectivity index (χ0) is 18.9. The van der Waals surface area contributed by atoms with Crippen molar-refractivity contribution in [2.45, 2.75) is 130 Å². The van der Waals surface area contributed by atoms with E-state index >= 15 is 0 Å². The van der Waals surface area contributed by atoms with Crippen molar-refractivity contribution in [1.29, 1.82) is 0 Å². The third-order valence-corrected chi connectivity index (χ3v) is 5.95. The van der Waals surface area contributed by atoms with Gasteiger partial charge in [-0.15, -0.1) is 0 Å². The molecule has 1 aliphatic rings. The lowest BCUT2D eigenvalue weighted by atomic mass is 10.1. The summed E-state index contributed by atoms with van der Waals surface area (Å²) < 4.78 is 0. The fraction of sp³-hybridized carbons (Fsp3) is 0.917. The van der Waals surface area contributed by atoms with E-state index in [-0.39, 0.29) is 0 Å². The summed E-state index contributed by atoms with van der Waals surface area (Å²) in [5.74, 6) is 0. The molecule has 1 heterocycles. The maximum Gasteiger partial charge on any atom is 0.0977 e. The van der Waals surface area contributed by atoms with Gasteiger partial charge in [0, 0.05) is 25.5 Å². The van der Waals surface area contributed by atoms with Crippen molar-refractivity contribution in [3.63, 3.8) is 0 Å². The van der Waals surface area contributed by atoms with Gasteiger partial charge in [-0.3, -0.25) is 0 Å². The molecular formula is C24H48N2. The Labute approximate surface area is 165 Å². The molecule has 154 valence electrons. The molecule has 0 aliphatic carbocycles. The zero-order valence-corrected chi connectivity index (χ0v) is 18.4. The molecule has 26 heavy (non-hydrogen) atoms. The van der Waals surface area contributed by atoms with Crippen LogP contribution < -0.4 is 0 Å². The highest BCUT2D eigenvalue weighted by molar-refractivity contribution is 4.95. The van der Waals surface area contributed by atoms with Crippen molar-refractivity contribution in [3.8, 4) is 0 Å². The summed E-state index contributed by atoms with van der Waals surface area (Å²) in [6, 6.07) is 0. The number of nitrogens with zero attached hydrogens (tertiary/aromatic N) is 2. The van der Waals surface area contributed by atoms with E-state index in [9.17, 15) is 0 Å². The van der Waals surface area contributed by atoms with Crippen molar-refractivity contribution in [3.05, 3.63) is 12.4 Å². The van der Waals surface area contributed by atoms with Gasteiger partial charge < -0.3 is 9.80 Å². The smallest absolute Gasteiger partial charge is 0.0977 e. The van der Waals surface area contributed by atoms with Gasteiger partial charge in [-0.05, 0) is 19.8 Å². The fourth-order valence-corrected chi connectivity index (χ4v) is 3.99. The quantitative estimate of drug-likeness (QED) is 0.230. The normalized spacial score (nSPS) is 16.8. The highest BCUT2D eigenvalue weighted by atomic mass is 15.4. The maximum atomic E-state index is 2.54. The molecule has 1 rings (SSSR count). The zero-order valence-electron chi connectivity index (χ0n) is 18.4. The van der Waals surface area contributed by atoms with Gasteiger partial charge >= 0.3 is 0 Å². The summed E-state index contributed by atoms with van der Waals surface area (Å²) in [4.78, 5) is 5.09. The Bertz CT molecular complexity index is 326. The van der Waals surface area contributed by atoms with Gasteiger partial charge in [0.25, 0.3) is 0 Å². The number of hydrogen-bond donors (Lipinski definition) is 0. The first-order valence-corrected chi connectivity index (χ1v) is 12.0. The number of hydrogen-bond acceptors (Lipinski definition) is 2. The van der Waals surface area contributed by atoms with E-state index in [4.69, 9.17) is 0 Å². The molecule has 0 amide bonds. The second-order valence-electron chi connectivity index (χ2n) is 8.36. The van der Waals surface area contributed by atoms with Crippen LogP contribution in [0, 0.1) is 0 Å². The Morgan fingerprint density at radius 2 is 0.808 bits per heavy atom. The van der Waals surface area contributed by atoms with E-state index in [0.29, 0.717) is 6.17 Å². The van der Waals surface area contributed by atoms with E-state index in [1.807, 2.05) is 0 Å². The Morgan fingerprint density at radius 1 is 0.500 bits per heavy atom. The van der Waals surface area contributed by atoms with Crippen LogP contribution in [0.4, 0.5) is 0 Å². The summed E-state index contributed by atoms with van der Waals surface area (Å²) in [6.45, 7) is 9.43. The van der Waals surface area contributed by atoms with E-state index in [1.165, 1.54) is 116 Å². The molecule has 0 aromatic heterocycles. The molecule has 1 atom stereocenters. The van der Waals surface area contributed by atoms with Gasteiger partial charge in [-0.1, -0.05) is 104 Å². The van der Waals surface area contributed by atoms with E-state index in [1.54, 1.807) is 0 Å². The van der Waals surface area contributed by atoms with E-state index in [0.717, 1.165) is 0 Å². The molecule has 0 radical (unpaired) electrons. The van der Waals surface area contributed by atoms with Crippen molar-refractivity contribution in [2.24, 2.45) is 0 Å². The molecule has 0 bridgehead atoms. The first-order valence-electron chi connectivity index (χ1n) is 12.0. The Hall–Kier alpha value is -0.660. The molecule has 0 saturated heterocycles. The van der Waals surface area contributed by atoms with Crippen LogP contribution >= 0.6 is 0 Å². The van der Waals surface area contributed by atoms with Crippen LogP contribution in [0.2, 0.25) is 0 Å². The Kier molecular flexibility index (Phi) is 14.8. The second-order valence-corrected chi connectivity index (χ2v) is 8.36. The predicted molar refractivity (Wildman–Crippen MR) is 117 cm³/mol. The minimum Gasteiger partial charge on any atom is -0.356 e. The highest BCUT2D eigenvalue weighted by Crippen LogP contribution is 2.18. The number of rotatable bonds is 18. The van der Waals surface area contributed by atoms with Crippen molar-refractivity contribution >= 4 is 0 Å². The second kappa shape index (κ2) is 16.5. The average molecular weight is 365 g/mol. The molecule has 0 aromatic rings. The molecule has 1 aliphatic heterocycles. The van der Waals surface area contributed by atoms with E-state index < -0.39 is 0 Å². The van der Waals surface area contributed by atoms with Crippen LogP contribution in [0.3, 0.4) is 0 Å². The van der Waals surface area contributed by atoms with Crippen molar-refractivity contribution in [2.75, 3.05) is 13.1 Å². The summed E-state index contributed by atoms with van der Waals surface area (Å²) in [5.41, 5.74) is 0. The van der Waals surface area contributed by atoms with Crippen LogP contribution in [-0.2, 0) is 0 Å². The lowest BCUT2D eigenvalue weighted by molar-refractivity contribution is 0.165. The lowest BCUT2D eigenvalue weighted by Crippen LogP contribution is -2.36. The van der Waals surface area contributed by atoms with Gasteiger partial charge in [0.1, 0.15) is 0 Å². The summed E-state index contributed by atoms with van der Waals surface area (Å²) in [5, 5.41) is 0. The third-order valence-electron chi connectivity index (χ3n) is 5.95. The summed E-state index contributed by atoms with van der Waals surface area (Å²) >= 11 is 0. The minimum absolute atomic E-state index is 0.573. The van der Waals surface area contributed by atoms with Crippen LogP contribution in [0.5, 0.6) is 0 Å². The highest BCUT2D eigenvalue weighted by Gasteiger charge is 2.20. The maximum absolute atomic E-state index is 2.54. The first kappa shape index (κ1) is 23.4. The Balaban J connectivity index is 1.94. The molecule has 0 N–H and O–H groups in total. The van der Waals surface area contributed by atoms with E-state index in [2.05, 4.69) is 43.0 Å². The monoisotopic (exact) mass is 364 g/mol. The minimum atomic E-state index is 0.573. The molecular weight excluding hydrogens is 316 g/mol. The first-order chi connectivity index (χ1) is 12.8. The van der Waals surface area contributed by atoms with Gasteiger partial charge in [-0.25, -0.2) is 0 Å². The van der Waals surface area contributed by atoms with Crippen LogP contribution in [0.25, 0.3) is 0 Å². The largest absolute Gasteiger partial charge is 0.356 e. The molecule has 1 unspecified atom stereocenters. The standard InChI is InChI=1S/C24H48N2/c1-4-6-8-10-12-13-15-17-19-21-26-23-22-25(24(26)3)20-18-16-14-11-9-7-5-2/h22-24H,4-21H2,1-3H3. The molecule has 0 saturated carbocycles. The molecule has 0 aromatic carbocycles. The summed E-state index contributed by atoms with van der Waals surface area (Å²) in [6.07, 6.45) is 27.8. The molecule has 2 heteroatoms. The van der Waals surface area contributed by atoms with Crippen LogP contribution in [0.1, 0.15) is 124 Å². The average Bonchev–Trinajstić information content (AvgIpc) is 2.99. The summed E-state index contributed by atoms with van der Waals surface area (Å²) in [7, 11) is 0. The topological polar surface area (TPSA) is 6.48 Å². The SMILES string of the molecule is CCCCCCCCCCCN1C=CN(CCCCCCCCC)C1C. The third kappa shape index (κ3) is 11.1. The van der Waals surface area contributed by atoms with Gasteiger partial charge in [-0.2, -0.15) is 0 Å². The van der Waals surface area contributed by atoms with Gasteiger partial charge in [0.15, 0.2) is 0 Å². The Morgan fingerprint density at radius 3 is 1.15 bits per heavy atom. The van der Waals surface area contributed by atoms with Gasteiger partial charge in [0.2, 0.25) is 0 Å². The predicted octanol–water partition coefficient (Wildman–Crippen LogP) is 7.70. The van der Waals surface area contributed by atoms with Crippen LogP contribution in [0.15, 0.2) is 12.4 Å². The number of unbranched alkanes of at least 4 members (excludes halogenated alkanes) is 14. The van der Waals surface area contributed by atoms with Crippen molar-refractivity contribution in [1.82, 2.24) is 9.80 Å². The molecule has 2 nitrogen and oxygen atoms in total.